The van der Waals surface area contributed by atoms with Crippen LogP contribution in [0.2, 0.25) is 10.0 Å². The Bertz CT molecular complexity index is 256. The SMILES string of the molecule is NC[C@@H](N)c1cc(Cl)cc(Cl)c1. The molecule has 0 saturated heterocycles. The zero-order chi connectivity index (χ0) is 9.14. The molecule has 1 aromatic rings. The molecule has 1 rings (SSSR count). The number of halogens is 2. The van der Waals surface area contributed by atoms with Crippen molar-refractivity contribution in [2.75, 3.05) is 6.54 Å². The third-order valence-corrected chi connectivity index (χ3v) is 2.00. The van der Waals surface area contributed by atoms with Crippen LogP contribution >= 0.6 is 23.2 Å². The van der Waals surface area contributed by atoms with Crippen LogP contribution in [0.4, 0.5) is 0 Å². The van der Waals surface area contributed by atoms with E-state index in [0.29, 0.717) is 16.6 Å². The Morgan fingerprint density at radius 1 is 1.17 bits per heavy atom. The molecule has 0 amide bonds. The minimum absolute atomic E-state index is 0.193. The molecule has 0 spiro atoms. The summed E-state index contributed by atoms with van der Waals surface area (Å²) in [5.74, 6) is 0. The van der Waals surface area contributed by atoms with Crippen LogP contribution in [-0.2, 0) is 0 Å². The zero-order valence-electron chi connectivity index (χ0n) is 6.43. The van der Waals surface area contributed by atoms with Gasteiger partial charge in [-0.05, 0) is 23.8 Å². The number of benzene rings is 1. The van der Waals surface area contributed by atoms with Crippen LogP contribution < -0.4 is 11.5 Å². The second-order valence-corrected chi connectivity index (χ2v) is 3.42. The summed E-state index contributed by atoms with van der Waals surface area (Å²) < 4.78 is 0. The van der Waals surface area contributed by atoms with Crippen molar-refractivity contribution >= 4 is 23.2 Å². The van der Waals surface area contributed by atoms with Gasteiger partial charge in [-0.15, -0.1) is 0 Å². The fraction of sp³-hybridized carbons (Fsp3) is 0.250. The fourth-order valence-corrected chi connectivity index (χ4v) is 1.47. The maximum absolute atomic E-state index is 5.77. The molecule has 4 N–H and O–H groups in total. The van der Waals surface area contributed by atoms with Crippen LogP contribution in [0, 0.1) is 0 Å². The van der Waals surface area contributed by atoms with Gasteiger partial charge in [0.25, 0.3) is 0 Å². The Labute approximate surface area is 81.4 Å². The van der Waals surface area contributed by atoms with Gasteiger partial charge in [0.2, 0.25) is 0 Å². The van der Waals surface area contributed by atoms with Gasteiger partial charge in [-0.25, -0.2) is 0 Å². The van der Waals surface area contributed by atoms with Gasteiger partial charge in [-0.3, -0.25) is 0 Å². The molecule has 1 aromatic carbocycles. The zero-order valence-corrected chi connectivity index (χ0v) is 7.94. The molecule has 0 saturated carbocycles. The molecule has 0 unspecified atom stereocenters. The van der Waals surface area contributed by atoms with Gasteiger partial charge < -0.3 is 11.5 Å². The molecular formula is C8H10Cl2N2. The number of nitrogens with two attached hydrogens (primary N) is 2. The Balaban J connectivity index is 3.00. The van der Waals surface area contributed by atoms with E-state index in [1.54, 1.807) is 18.2 Å². The standard InChI is InChI=1S/C8H10Cl2N2/c9-6-1-5(8(12)4-11)2-7(10)3-6/h1-3,8H,4,11-12H2/t8-/m1/s1. The van der Waals surface area contributed by atoms with Crippen LogP contribution in [-0.4, -0.2) is 6.54 Å². The second kappa shape index (κ2) is 4.10. The quantitative estimate of drug-likeness (QED) is 0.775. The molecule has 66 valence electrons. The highest BCUT2D eigenvalue weighted by atomic mass is 35.5. The Morgan fingerprint density at radius 2 is 1.67 bits per heavy atom. The largest absolute Gasteiger partial charge is 0.329 e. The van der Waals surface area contributed by atoms with E-state index in [1.165, 1.54) is 0 Å². The van der Waals surface area contributed by atoms with Crippen molar-refractivity contribution in [2.45, 2.75) is 6.04 Å². The topological polar surface area (TPSA) is 52.0 Å². The molecule has 1 atom stereocenters. The fourth-order valence-electron chi connectivity index (χ4n) is 0.925. The molecule has 0 aliphatic rings. The number of rotatable bonds is 2. The predicted molar refractivity (Wildman–Crippen MR) is 52.4 cm³/mol. The lowest BCUT2D eigenvalue weighted by Crippen LogP contribution is -2.20. The summed E-state index contributed by atoms with van der Waals surface area (Å²) in [6, 6.07) is 5.01. The van der Waals surface area contributed by atoms with Crippen molar-refractivity contribution in [1.29, 1.82) is 0 Å². The van der Waals surface area contributed by atoms with E-state index < -0.39 is 0 Å². The summed E-state index contributed by atoms with van der Waals surface area (Å²) in [4.78, 5) is 0. The molecule has 0 fully saturated rings. The minimum atomic E-state index is -0.193. The van der Waals surface area contributed by atoms with Crippen LogP contribution in [0.25, 0.3) is 0 Å². The first kappa shape index (κ1) is 9.81. The highest BCUT2D eigenvalue weighted by Crippen LogP contribution is 2.21. The first-order chi connectivity index (χ1) is 5.63. The Hall–Kier alpha value is -0.280. The summed E-state index contributed by atoms with van der Waals surface area (Å²) >= 11 is 11.5. The molecule has 12 heavy (non-hydrogen) atoms. The first-order valence-corrected chi connectivity index (χ1v) is 4.30. The van der Waals surface area contributed by atoms with Crippen molar-refractivity contribution in [3.8, 4) is 0 Å². The van der Waals surface area contributed by atoms with Gasteiger partial charge in [0.15, 0.2) is 0 Å². The molecule has 0 radical (unpaired) electrons. The monoisotopic (exact) mass is 204 g/mol. The first-order valence-electron chi connectivity index (χ1n) is 3.55. The summed E-state index contributed by atoms with van der Waals surface area (Å²) in [6.07, 6.45) is 0. The highest BCUT2D eigenvalue weighted by molar-refractivity contribution is 6.34. The maximum atomic E-state index is 5.77. The van der Waals surface area contributed by atoms with E-state index in [1.807, 2.05) is 0 Å². The third-order valence-electron chi connectivity index (χ3n) is 1.57. The van der Waals surface area contributed by atoms with Crippen molar-refractivity contribution in [3.05, 3.63) is 33.8 Å². The van der Waals surface area contributed by atoms with E-state index in [4.69, 9.17) is 34.7 Å². The molecule has 2 nitrogen and oxygen atoms in total. The Kier molecular flexibility index (Phi) is 3.35. The average molecular weight is 205 g/mol. The number of hydrogen-bond acceptors (Lipinski definition) is 2. The average Bonchev–Trinajstić information content (AvgIpc) is 2.01. The summed E-state index contributed by atoms with van der Waals surface area (Å²) in [7, 11) is 0. The lowest BCUT2D eigenvalue weighted by atomic mass is 10.1. The van der Waals surface area contributed by atoms with Crippen molar-refractivity contribution < 1.29 is 0 Å². The third kappa shape index (κ3) is 2.35. The summed E-state index contributed by atoms with van der Waals surface area (Å²) in [5, 5.41) is 1.17. The molecule has 0 bridgehead atoms. The number of hydrogen-bond donors (Lipinski definition) is 2. The van der Waals surface area contributed by atoms with E-state index in [-0.39, 0.29) is 6.04 Å². The van der Waals surface area contributed by atoms with E-state index >= 15 is 0 Å². The van der Waals surface area contributed by atoms with Gasteiger partial charge in [-0.1, -0.05) is 23.2 Å². The van der Waals surface area contributed by atoms with Crippen molar-refractivity contribution in [3.63, 3.8) is 0 Å². The minimum Gasteiger partial charge on any atom is -0.329 e. The van der Waals surface area contributed by atoms with Crippen LogP contribution in [0.5, 0.6) is 0 Å². The predicted octanol–water partition coefficient (Wildman–Crippen LogP) is 1.95. The normalized spacial score (nSPS) is 13.0. The highest BCUT2D eigenvalue weighted by Gasteiger charge is 2.05. The van der Waals surface area contributed by atoms with Crippen LogP contribution in [0.15, 0.2) is 18.2 Å². The van der Waals surface area contributed by atoms with E-state index in [0.717, 1.165) is 5.56 Å². The van der Waals surface area contributed by atoms with Gasteiger partial charge in [0.1, 0.15) is 0 Å². The van der Waals surface area contributed by atoms with Gasteiger partial charge in [0, 0.05) is 22.6 Å². The molecule has 0 heterocycles. The Morgan fingerprint density at radius 3 is 2.08 bits per heavy atom. The maximum Gasteiger partial charge on any atom is 0.0424 e. The van der Waals surface area contributed by atoms with Crippen molar-refractivity contribution in [2.24, 2.45) is 11.5 Å². The van der Waals surface area contributed by atoms with E-state index in [2.05, 4.69) is 0 Å². The molecular weight excluding hydrogens is 195 g/mol. The van der Waals surface area contributed by atoms with Crippen LogP contribution in [0.3, 0.4) is 0 Å². The smallest absolute Gasteiger partial charge is 0.0424 e. The lowest BCUT2D eigenvalue weighted by Gasteiger charge is -2.09. The van der Waals surface area contributed by atoms with E-state index in [9.17, 15) is 0 Å². The van der Waals surface area contributed by atoms with Crippen LogP contribution in [0.1, 0.15) is 11.6 Å². The van der Waals surface area contributed by atoms with Crippen molar-refractivity contribution in [1.82, 2.24) is 0 Å². The lowest BCUT2D eigenvalue weighted by molar-refractivity contribution is 0.737. The second-order valence-electron chi connectivity index (χ2n) is 2.54. The van der Waals surface area contributed by atoms with Gasteiger partial charge >= 0.3 is 0 Å². The molecule has 0 aliphatic carbocycles. The molecule has 4 heteroatoms. The van der Waals surface area contributed by atoms with Gasteiger partial charge in [0.05, 0.1) is 0 Å². The molecule has 0 aromatic heterocycles. The van der Waals surface area contributed by atoms with Gasteiger partial charge in [-0.2, -0.15) is 0 Å². The summed E-state index contributed by atoms with van der Waals surface area (Å²) in [6.45, 7) is 0.386. The summed E-state index contributed by atoms with van der Waals surface area (Å²) in [5.41, 5.74) is 12.0. The molecule has 0 aliphatic heterocycles.